The average Bonchev–Trinajstić information content (AvgIpc) is 2.80. The summed E-state index contributed by atoms with van der Waals surface area (Å²) in [6, 6.07) is 9.58. The second-order valence-electron chi connectivity index (χ2n) is 3.75. The van der Waals surface area contributed by atoms with E-state index in [1.165, 1.54) is 10.9 Å². The third kappa shape index (κ3) is 2.51. The van der Waals surface area contributed by atoms with Crippen molar-refractivity contribution in [2.75, 3.05) is 0 Å². The summed E-state index contributed by atoms with van der Waals surface area (Å²) in [5.74, 6) is -0.731. The molecule has 2 aromatic rings. The van der Waals surface area contributed by atoms with Crippen molar-refractivity contribution in [2.45, 2.75) is 20.1 Å². The van der Waals surface area contributed by atoms with Gasteiger partial charge in [0.2, 0.25) is 0 Å². The lowest BCUT2D eigenvalue weighted by molar-refractivity contribution is 0.0678. The molecular weight excluding hydrogens is 232 g/mol. The molecule has 5 nitrogen and oxygen atoms in total. The highest BCUT2D eigenvalue weighted by Gasteiger charge is 2.18. The first kappa shape index (κ1) is 12.2. The first-order valence-electron chi connectivity index (χ1n) is 5.68. The molecule has 0 saturated carbocycles. The van der Waals surface area contributed by atoms with E-state index in [0.29, 0.717) is 18.9 Å². The van der Waals surface area contributed by atoms with Crippen molar-refractivity contribution in [1.29, 1.82) is 0 Å². The summed E-state index contributed by atoms with van der Waals surface area (Å²) in [5.41, 5.74) is 1.08. The van der Waals surface area contributed by atoms with E-state index in [9.17, 15) is 4.79 Å². The fourth-order valence-electron chi connectivity index (χ4n) is 1.66. The van der Waals surface area contributed by atoms with Crippen LogP contribution < -0.4 is 4.74 Å². The highest BCUT2D eigenvalue weighted by atomic mass is 16.5. The minimum atomic E-state index is -1.03. The summed E-state index contributed by atoms with van der Waals surface area (Å²) in [7, 11) is 0. The Morgan fingerprint density at radius 1 is 1.39 bits per heavy atom. The van der Waals surface area contributed by atoms with Crippen LogP contribution in [0.15, 0.2) is 36.5 Å². The normalized spacial score (nSPS) is 10.3. The van der Waals surface area contributed by atoms with Crippen LogP contribution in [0.1, 0.15) is 23.0 Å². The number of ether oxygens (including phenoxy) is 1. The van der Waals surface area contributed by atoms with Gasteiger partial charge in [0.25, 0.3) is 0 Å². The fourth-order valence-corrected chi connectivity index (χ4v) is 1.66. The quantitative estimate of drug-likeness (QED) is 0.878. The molecule has 1 N–H and O–H groups in total. The van der Waals surface area contributed by atoms with Crippen molar-refractivity contribution in [1.82, 2.24) is 9.78 Å². The van der Waals surface area contributed by atoms with Gasteiger partial charge in [0.1, 0.15) is 6.61 Å². The molecular formula is C13H14N2O3. The van der Waals surface area contributed by atoms with E-state index in [1.54, 1.807) is 0 Å². The van der Waals surface area contributed by atoms with Crippen LogP contribution in [0.3, 0.4) is 0 Å². The number of carbonyl (C=O) groups is 1. The highest BCUT2D eigenvalue weighted by Crippen LogP contribution is 2.19. The van der Waals surface area contributed by atoms with Crippen LogP contribution in [0.25, 0.3) is 0 Å². The number of aromatic carboxylic acids is 1. The first-order valence-corrected chi connectivity index (χ1v) is 5.68. The molecule has 0 spiro atoms. The maximum Gasteiger partial charge on any atom is 0.358 e. The van der Waals surface area contributed by atoms with Gasteiger partial charge in [-0.1, -0.05) is 30.3 Å². The molecule has 1 aromatic carbocycles. The molecule has 2 rings (SSSR count). The van der Waals surface area contributed by atoms with Crippen molar-refractivity contribution in [3.05, 3.63) is 47.8 Å². The molecule has 1 aromatic heterocycles. The lowest BCUT2D eigenvalue weighted by Crippen LogP contribution is -2.10. The van der Waals surface area contributed by atoms with Crippen LogP contribution in [-0.2, 0) is 13.2 Å². The zero-order chi connectivity index (χ0) is 13.0. The topological polar surface area (TPSA) is 64.4 Å². The van der Waals surface area contributed by atoms with Gasteiger partial charge in [0.15, 0.2) is 11.4 Å². The van der Waals surface area contributed by atoms with Gasteiger partial charge in [-0.2, -0.15) is 5.10 Å². The molecule has 0 unspecified atom stereocenters. The molecule has 0 radical (unpaired) electrons. The Labute approximate surface area is 105 Å². The standard InChI is InChI=1S/C13H14N2O3/c1-2-15-12(13(16)17)11(8-14-15)18-9-10-6-4-3-5-7-10/h3-8H,2,9H2,1H3,(H,16,17). The van der Waals surface area contributed by atoms with Crippen molar-refractivity contribution in [2.24, 2.45) is 0 Å². The van der Waals surface area contributed by atoms with Gasteiger partial charge in [0, 0.05) is 6.54 Å². The van der Waals surface area contributed by atoms with E-state index in [2.05, 4.69) is 5.10 Å². The fraction of sp³-hybridized carbons (Fsp3) is 0.231. The molecule has 1 heterocycles. The lowest BCUT2D eigenvalue weighted by atomic mass is 10.2. The molecule has 0 atom stereocenters. The number of benzene rings is 1. The number of hydrogen-bond acceptors (Lipinski definition) is 3. The van der Waals surface area contributed by atoms with E-state index >= 15 is 0 Å². The summed E-state index contributed by atoms with van der Waals surface area (Å²) in [6.07, 6.45) is 1.44. The Balaban J connectivity index is 2.15. The molecule has 0 bridgehead atoms. The summed E-state index contributed by atoms with van der Waals surface area (Å²) < 4.78 is 6.91. The zero-order valence-electron chi connectivity index (χ0n) is 10.0. The molecule has 0 saturated heterocycles. The number of hydrogen-bond donors (Lipinski definition) is 1. The van der Waals surface area contributed by atoms with Crippen LogP contribution in [0.5, 0.6) is 5.75 Å². The maximum atomic E-state index is 11.1. The molecule has 0 aliphatic heterocycles. The SMILES string of the molecule is CCn1ncc(OCc2ccccc2)c1C(=O)O. The van der Waals surface area contributed by atoms with E-state index in [-0.39, 0.29) is 5.69 Å². The summed E-state index contributed by atoms with van der Waals surface area (Å²) in [6.45, 7) is 2.66. The monoisotopic (exact) mass is 246 g/mol. The van der Waals surface area contributed by atoms with E-state index in [0.717, 1.165) is 5.56 Å². The van der Waals surface area contributed by atoms with Crippen LogP contribution in [-0.4, -0.2) is 20.9 Å². The lowest BCUT2D eigenvalue weighted by Gasteiger charge is -2.06. The van der Waals surface area contributed by atoms with Gasteiger partial charge in [-0.3, -0.25) is 4.68 Å². The van der Waals surface area contributed by atoms with Gasteiger partial charge in [0.05, 0.1) is 6.20 Å². The number of aromatic nitrogens is 2. The van der Waals surface area contributed by atoms with Crippen molar-refractivity contribution < 1.29 is 14.6 Å². The Hall–Kier alpha value is -2.30. The number of aryl methyl sites for hydroxylation is 1. The van der Waals surface area contributed by atoms with Crippen molar-refractivity contribution >= 4 is 5.97 Å². The molecule has 0 aliphatic carbocycles. The number of carboxylic acids is 1. The molecule has 5 heteroatoms. The molecule has 0 aliphatic rings. The van der Waals surface area contributed by atoms with Gasteiger partial charge < -0.3 is 9.84 Å². The predicted molar refractivity (Wildman–Crippen MR) is 65.6 cm³/mol. The van der Waals surface area contributed by atoms with Gasteiger partial charge in [-0.15, -0.1) is 0 Å². The van der Waals surface area contributed by atoms with E-state index in [4.69, 9.17) is 9.84 Å². The second-order valence-corrected chi connectivity index (χ2v) is 3.75. The van der Waals surface area contributed by atoms with Crippen LogP contribution in [0.2, 0.25) is 0 Å². The zero-order valence-corrected chi connectivity index (χ0v) is 10.0. The number of carboxylic acid groups (broad SMARTS) is 1. The largest absolute Gasteiger partial charge is 0.485 e. The smallest absolute Gasteiger partial charge is 0.358 e. The number of nitrogens with zero attached hydrogens (tertiary/aromatic N) is 2. The van der Waals surface area contributed by atoms with Gasteiger partial charge in [-0.05, 0) is 12.5 Å². The molecule has 0 fully saturated rings. The second kappa shape index (κ2) is 5.35. The Kier molecular flexibility index (Phi) is 3.62. The molecule has 0 amide bonds. The summed E-state index contributed by atoms with van der Waals surface area (Å²) in [4.78, 5) is 11.1. The molecule has 94 valence electrons. The molecule has 18 heavy (non-hydrogen) atoms. The summed E-state index contributed by atoms with van der Waals surface area (Å²) >= 11 is 0. The van der Waals surface area contributed by atoms with Crippen LogP contribution in [0, 0.1) is 0 Å². The van der Waals surface area contributed by atoms with Gasteiger partial charge >= 0.3 is 5.97 Å². The van der Waals surface area contributed by atoms with E-state index in [1.807, 2.05) is 37.3 Å². The van der Waals surface area contributed by atoms with Crippen LogP contribution >= 0.6 is 0 Å². The Bertz CT molecular complexity index is 534. The minimum Gasteiger partial charge on any atom is -0.485 e. The van der Waals surface area contributed by atoms with Crippen molar-refractivity contribution in [3.8, 4) is 5.75 Å². The van der Waals surface area contributed by atoms with E-state index < -0.39 is 5.97 Å². The van der Waals surface area contributed by atoms with Crippen LogP contribution in [0.4, 0.5) is 0 Å². The maximum absolute atomic E-state index is 11.1. The Morgan fingerprint density at radius 2 is 2.11 bits per heavy atom. The van der Waals surface area contributed by atoms with Crippen molar-refractivity contribution in [3.63, 3.8) is 0 Å². The highest BCUT2D eigenvalue weighted by molar-refractivity contribution is 5.88. The predicted octanol–water partition coefficient (Wildman–Crippen LogP) is 2.18. The Morgan fingerprint density at radius 3 is 2.72 bits per heavy atom. The number of rotatable bonds is 5. The average molecular weight is 246 g/mol. The third-order valence-corrected chi connectivity index (χ3v) is 2.55. The minimum absolute atomic E-state index is 0.0911. The third-order valence-electron chi connectivity index (χ3n) is 2.55. The summed E-state index contributed by atoms with van der Waals surface area (Å²) in [5, 5.41) is 13.1. The first-order chi connectivity index (χ1) is 8.72. The van der Waals surface area contributed by atoms with Gasteiger partial charge in [-0.25, -0.2) is 4.79 Å².